The SMILES string of the molecule is CC(NN)c1cccc2ncccc12. The van der Waals surface area contributed by atoms with E-state index in [1.54, 1.807) is 6.20 Å². The lowest BCUT2D eigenvalue weighted by Crippen LogP contribution is -2.25. The molecule has 0 aliphatic carbocycles. The van der Waals surface area contributed by atoms with E-state index in [0.29, 0.717) is 0 Å². The summed E-state index contributed by atoms with van der Waals surface area (Å²) in [5, 5.41) is 1.15. The molecule has 0 saturated carbocycles. The van der Waals surface area contributed by atoms with E-state index < -0.39 is 0 Å². The van der Waals surface area contributed by atoms with Gasteiger partial charge in [0.15, 0.2) is 0 Å². The first-order valence-electron chi connectivity index (χ1n) is 4.62. The van der Waals surface area contributed by atoms with Crippen molar-refractivity contribution in [2.24, 2.45) is 5.84 Å². The van der Waals surface area contributed by atoms with Gasteiger partial charge in [0.05, 0.1) is 5.52 Å². The molecule has 2 rings (SSSR count). The molecule has 0 spiro atoms. The topological polar surface area (TPSA) is 50.9 Å². The highest BCUT2D eigenvalue weighted by atomic mass is 15.2. The number of hydrazine groups is 1. The zero-order valence-corrected chi connectivity index (χ0v) is 8.07. The van der Waals surface area contributed by atoms with E-state index in [2.05, 4.69) is 22.5 Å². The van der Waals surface area contributed by atoms with Gasteiger partial charge >= 0.3 is 0 Å². The molecule has 3 N–H and O–H groups in total. The van der Waals surface area contributed by atoms with Crippen LogP contribution in [-0.4, -0.2) is 4.98 Å². The zero-order valence-electron chi connectivity index (χ0n) is 8.07. The van der Waals surface area contributed by atoms with Crippen LogP contribution in [0.5, 0.6) is 0 Å². The van der Waals surface area contributed by atoms with Crippen LogP contribution < -0.4 is 11.3 Å². The maximum Gasteiger partial charge on any atom is 0.0705 e. The van der Waals surface area contributed by atoms with Gasteiger partial charge in [0.2, 0.25) is 0 Å². The maximum atomic E-state index is 5.42. The Morgan fingerprint density at radius 3 is 2.93 bits per heavy atom. The quantitative estimate of drug-likeness (QED) is 0.556. The fraction of sp³-hybridized carbons (Fsp3) is 0.182. The van der Waals surface area contributed by atoms with Crippen LogP contribution in [0.2, 0.25) is 0 Å². The predicted octanol–water partition coefficient (Wildman–Crippen LogP) is 1.76. The van der Waals surface area contributed by atoms with Crippen molar-refractivity contribution >= 4 is 10.9 Å². The van der Waals surface area contributed by atoms with E-state index in [4.69, 9.17) is 5.84 Å². The average Bonchev–Trinajstić information content (AvgIpc) is 2.27. The van der Waals surface area contributed by atoms with E-state index in [1.165, 1.54) is 5.56 Å². The third-order valence-corrected chi connectivity index (χ3v) is 2.40. The summed E-state index contributed by atoms with van der Waals surface area (Å²) in [4.78, 5) is 4.29. The number of benzene rings is 1. The summed E-state index contributed by atoms with van der Waals surface area (Å²) in [6.07, 6.45) is 1.80. The number of nitrogens with two attached hydrogens (primary N) is 1. The van der Waals surface area contributed by atoms with Gasteiger partial charge in [-0.1, -0.05) is 18.2 Å². The van der Waals surface area contributed by atoms with E-state index in [1.807, 2.05) is 25.1 Å². The van der Waals surface area contributed by atoms with Crippen LogP contribution in [0.1, 0.15) is 18.5 Å². The van der Waals surface area contributed by atoms with Crippen molar-refractivity contribution in [1.29, 1.82) is 0 Å². The number of nitrogens with one attached hydrogen (secondary N) is 1. The van der Waals surface area contributed by atoms with Gasteiger partial charge in [-0.15, -0.1) is 0 Å². The molecule has 3 heteroatoms. The summed E-state index contributed by atoms with van der Waals surface area (Å²) in [6, 6.07) is 10.2. The summed E-state index contributed by atoms with van der Waals surface area (Å²) in [6.45, 7) is 2.03. The minimum atomic E-state index is 0.142. The summed E-state index contributed by atoms with van der Waals surface area (Å²) in [7, 11) is 0. The first-order valence-corrected chi connectivity index (χ1v) is 4.62. The molecule has 0 saturated heterocycles. The van der Waals surface area contributed by atoms with Crippen molar-refractivity contribution in [1.82, 2.24) is 10.4 Å². The molecule has 0 amide bonds. The molecule has 3 nitrogen and oxygen atoms in total. The fourth-order valence-corrected chi connectivity index (χ4v) is 1.59. The van der Waals surface area contributed by atoms with E-state index in [9.17, 15) is 0 Å². The zero-order chi connectivity index (χ0) is 9.97. The van der Waals surface area contributed by atoms with Crippen molar-refractivity contribution in [3.8, 4) is 0 Å². The van der Waals surface area contributed by atoms with Crippen LogP contribution in [0.4, 0.5) is 0 Å². The normalized spacial score (nSPS) is 13.0. The molecule has 1 aromatic heterocycles. The van der Waals surface area contributed by atoms with Crippen LogP contribution in [0.15, 0.2) is 36.5 Å². The van der Waals surface area contributed by atoms with Gasteiger partial charge in [-0.25, -0.2) is 0 Å². The lowest BCUT2D eigenvalue weighted by molar-refractivity contribution is 0.606. The summed E-state index contributed by atoms with van der Waals surface area (Å²) < 4.78 is 0. The molecule has 1 heterocycles. The smallest absolute Gasteiger partial charge is 0.0705 e. The predicted molar refractivity (Wildman–Crippen MR) is 57.5 cm³/mol. The second-order valence-corrected chi connectivity index (χ2v) is 3.31. The molecule has 0 fully saturated rings. The Hall–Kier alpha value is -1.45. The lowest BCUT2D eigenvalue weighted by Gasteiger charge is -2.12. The molecule has 1 atom stereocenters. The third-order valence-electron chi connectivity index (χ3n) is 2.40. The van der Waals surface area contributed by atoms with Gasteiger partial charge in [0.25, 0.3) is 0 Å². The number of hydrogen-bond donors (Lipinski definition) is 2. The van der Waals surface area contributed by atoms with Gasteiger partial charge in [-0.3, -0.25) is 16.3 Å². The van der Waals surface area contributed by atoms with Crippen LogP contribution in [-0.2, 0) is 0 Å². The molecule has 1 aromatic carbocycles. The Morgan fingerprint density at radius 1 is 1.29 bits per heavy atom. The van der Waals surface area contributed by atoms with Crippen LogP contribution in [0, 0.1) is 0 Å². The maximum absolute atomic E-state index is 5.42. The number of hydrogen-bond acceptors (Lipinski definition) is 3. The van der Waals surface area contributed by atoms with Gasteiger partial charge in [0.1, 0.15) is 0 Å². The Balaban J connectivity index is 2.65. The standard InChI is InChI=1S/C11H13N3/c1-8(14-12)9-4-2-6-11-10(9)5-3-7-13-11/h2-8,14H,12H2,1H3. The monoisotopic (exact) mass is 187 g/mol. The van der Waals surface area contributed by atoms with E-state index >= 15 is 0 Å². The Bertz CT molecular complexity index is 434. The molecule has 0 bridgehead atoms. The van der Waals surface area contributed by atoms with Gasteiger partial charge < -0.3 is 0 Å². The van der Waals surface area contributed by atoms with E-state index in [0.717, 1.165) is 10.9 Å². The minimum absolute atomic E-state index is 0.142. The number of nitrogens with zero attached hydrogens (tertiary/aromatic N) is 1. The number of aromatic nitrogens is 1. The minimum Gasteiger partial charge on any atom is -0.271 e. The highest BCUT2D eigenvalue weighted by Gasteiger charge is 2.06. The molecule has 2 aromatic rings. The fourth-order valence-electron chi connectivity index (χ4n) is 1.59. The van der Waals surface area contributed by atoms with Gasteiger partial charge in [0, 0.05) is 17.6 Å². The second kappa shape index (κ2) is 3.74. The first kappa shape index (κ1) is 9.12. The highest BCUT2D eigenvalue weighted by Crippen LogP contribution is 2.21. The number of rotatable bonds is 2. The summed E-state index contributed by atoms with van der Waals surface area (Å²) in [5.41, 5.74) is 4.93. The molecule has 14 heavy (non-hydrogen) atoms. The number of pyridine rings is 1. The highest BCUT2D eigenvalue weighted by molar-refractivity contribution is 5.82. The average molecular weight is 187 g/mol. The molecular formula is C11H13N3. The first-order chi connectivity index (χ1) is 6.83. The summed E-state index contributed by atoms with van der Waals surface area (Å²) in [5.74, 6) is 5.42. The molecular weight excluding hydrogens is 174 g/mol. The van der Waals surface area contributed by atoms with Gasteiger partial charge in [-0.05, 0) is 24.6 Å². The van der Waals surface area contributed by atoms with Crippen molar-refractivity contribution < 1.29 is 0 Å². The summed E-state index contributed by atoms with van der Waals surface area (Å²) >= 11 is 0. The van der Waals surface area contributed by atoms with Crippen LogP contribution in [0.25, 0.3) is 10.9 Å². The van der Waals surface area contributed by atoms with Crippen LogP contribution >= 0.6 is 0 Å². The van der Waals surface area contributed by atoms with Crippen molar-refractivity contribution in [2.75, 3.05) is 0 Å². The Morgan fingerprint density at radius 2 is 2.14 bits per heavy atom. The Labute approximate surface area is 82.9 Å². The Kier molecular flexibility index (Phi) is 2.43. The molecule has 0 aliphatic rings. The van der Waals surface area contributed by atoms with E-state index in [-0.39, 0.29) is 6.04 Å². The largest absolute Gasteiger partial charge is 0.271 e. The van der Waals surface area contributed by atoms with Crippen molar-refractivity contribution in [3.63, 3.8) is 0 Å². The molecule has 1 unspecified atom stereocenters. The molecule has 72 valence electrons. The number of fused-ring (bicyclic) bond motifs is 1. The van der Waals surface area contributed by atoms with Crippen molar-refractivity contribution in [2.45, 2.75) is 13.0 Å². The third kappa shape index (κ3) is 1.47. The van der Waals surface area contributed by atoms with Crippen molar-refractivity contribution in [3.05, 3.63) is 42.1 Å². The lowest BCUT2D eigenvalue weighted by atomic mass is 10.0. The second-order valence-electron chi connectivity index (χ2n) is 3.31. The van der Waals surface area contributed by atoms with Gasteiger partial charge in [-0.2, -0.15) is 0 Å². The van der Waals surface area contributed by atoms with Crippen LogP contribution in [0.3, 0.4) is 0 Å². The molecule has 0 radical (unpaired) electrons. The molecule has 0 aliphatic heterocycles.